The highest BCUT2D eigenvalue weighted by atomic mass is 16.1. The normalized spacial score (nSPS) is 41.3. The molecule has 248 valence electrons. The number of fused-ring (bicyclic) bond motifs is 5. The smallest absolute Gasteiger partial charge is 0.191 e. The van der Waals surface area contributed by atoms with Crippen LogP contribution in [0.4, 0.5) is 0 Å². The predicted molar refractivity (Wildman–Crippen MR) is 179 cm³/mol. The summed E-state index contributed by atoms with van der Waals surface area (Å²) < 4.78 is 0. The third-order valence-corrected chi connectivity index (χ3v) is 13.9. The molecule has 8 heteroatoms. The summed E-state index contributed by atoms with van der Waals surface area (Å²) in [4.78, 5) is 46.2. The molecule has 3 saturated heterocycles. The second-order valence-corrected chi connectivity index (χ2v) is 16.2. The number of carbonyl (C=O) groups excluding carboxylic acids is 2. The van der Waals surface area contributed by atoms with Crippen LogP contribution in [-0.2, 0) is 9.59 Å². The Morgan fingerprint density at radius 2 is 1.61 bits per heavy atom. The number of likely N-dealkylation sites (tertiary alicyclic amines) is 2. The third kappa shape index (κ3) is 4.44. The van der Waals surface area contributed by atoms with Gasteiger partial charge in [-0.05, 0) is 101 Å². The number of ketones is 2. The zero-order valence-electron chi connectivity index (χ0n) is 28.5. The quantitative estimate of drug-likeness (QED) is 0.473. The summed E-state index contributed by atoms with van der Waals surface area (Å²) in [6.07, 6.45) is 14.1. The van der Waals surface area contributed by atoms with Crippen LogP contribution in [0.15, 0.2) is 41.5 Å². The molecule has 7 aliphatic rings. The Labute approximate surface area is 275 Å². The molecule has 5 fully saturated rings. The van der Waals surface area contributed by atoms with E-state index < -0.39 is 0 Å². The summed E-state index contributed by atoms with van der Waals surface area (Å²) in [5, 5.41) is 3.60. The minimum absolute atomic E-state index is 0.0126. The third-order valence-electron chi connectivity index (χ3n) is 13.9. The van der Waals surface area contributed by atoms with Gasteiger partial charge in [0.1, 0.15) is 17.3 Å². The SMILES string of the molecule is CC(=O)[C@H]1[C@H](C)C[C@H]2[C@@H]3CC(N4CCCC4)[C@@H]4C(c5ncccn5)C(=O)C(N5CCCC5)=C(N5CCNCC5)[C@]4(C)C3=CC[C@@]21C. The van der Waals surface area contributed by atoms with Gasteiger partial charge in [0.25, 0.3) is 0 Å². The number of hydrogen-bond donors (Lipinski definition) is 1. The maximum Gasteiger partial charge on any atom is 0.191 e. The molecule has 9 atom stereocenters. The first-order valence-corrected chi connectivity index (χ1v) is 18.5. The van der Waals surface area contributed by atoms with E-state index in [-0.39, 0.29) is 40.4 Å². The van der Waals surface area contributed by atoms with Crippen LogP contribution in [0, 0.1) is 40.4 Å². The molecule has 1 aromatic heterocycles. The fourth-order valence-corrected chi connectivity index (χ4v) is 12.4. The number of rotatable bonds is 5. The van der Waals surface area contributed by atoms with Crippen molar-refractivity contribution in [3.05, 3.63) is 47.3 Å². The molecule has 8 nitrogen and oxygen atoms in total. The number of nitrogens with one attached hydrogen (secondary N) is 1. The van der Waals surface area contributed by atoms with E-state index >= 15 is 4.79 Å². The van der Waals surface area contributed by atoms with Crippen molar-refractivity contribution in [2.45, 2.75) is 84.6 Å². The molecule has 8 rings (SSSR count). The summed E-state index contributed by atoms with van der Waals surface area (Å²) in [5.74, 6) is 2.41. The van der Waals surface area contributed by atoms with E-state index in [0.717, 1.165) is 90.2 Å². The van der Waals surface area contributed by atoms with Crippen molar-refractivity contribution in [1.29, 1.82) is 0 Å². The van der Waals surface area contributed by atoms with Crippen molar-refractivity contribution in [2.24, 2.45) is 40.4 Å². The average Bonchev–Trinajstić information content (AvgIpc) is 3.82. The highest BCUT2D eigenvalue weighted by Gasteiger charge is 2.67. The van der Waals surface area contributed by atoms with E-state index in [9.17, 15) is 4.79 Å². The van der Waals surface area contributed by atoms with Gasteiger partial charge in [0.2, 0.25) is 0 Å². The molecule has 1 aromatic rings. The minimum Gasteiger partial charge on any atom is -0.370 e. The molecule has 2 unspecified atom stereocenters. The fourth-order valence-electron chi connectivity index (χ4n) is 12.4. The molecular weight excluding hydrogens is 572 g/mol. The van der Waals surface area contributed by atoms with Crippen LogP contribution in [0.25, 0.3) is 0 Å². The molecule has 0 spiro atoms. The van der Waals surface area contributed by atoms with E-state index in [0.29, 0.717) is 29.4 Å². The van der Waals surface area contributed by atoms with Gasteiger partial charge in [-0.25, -0.2) is 9.97 Å². The Kier molecular flexibility index (Phi) is 7.71. The number of hydrogen-bond acceptors (Lipinski definition) is 8. The molecule has 4 aliphatic carbocycles. The predicted octanol–water partition coefficient (Wildman–Crippen LogP) is 4.66. The van der Waals surface area contributed by atoms with Crippen molar-refractivity contribution >= 4 is 11.6 Å². The largest absolute Gasteiger partial charge is 0.370 e. The Hall–Kier alpha value is -2.58. The maximum absolute atomic E-state index is 15.4. The van der Waals surface area contributed by atoms with Crippen LogP contribution in [0.1, 0.15) is 84.4 Å². The first-order chi connectivity index (χ1) is 22.2. The molecule has 4 heterocycles. The fraction of sp³-hybridized carbons (Fsp3) is 0.737. The van der Waals surface area contributed by atoms with Crippen LogP contribution < -0.4 is 5.32 Å². The summed E-state index contributed by atoms with van der Waals surface area (Å²) in [6, 6.07) is 2.14. The molecule has 0 aromatic carbocycles. The summed E-state index contributed by atoms with van der Waals surface area (Å²) in [6.45, 7) is 16.9. The van der Waals surface area contributed by atoms with Crippen LogP contribution in [0.2, 0.25) is 0 Å². The first kappa shape index (κ1) is 30.7. The van der Waals surface area contributed by atoms with Gasteiger partial charge in [-0.15, -0.1) is 0 Å². The Balaban J connectivity index is 1.39. The van der Waals surface area contributed by atoms with E-state index in [1.54, 1.807) is 5.57 Å². The highest BCUT2D eigenvalue weighted by Crippen LogP contribution is 2.69. The molecule has 0 amide bonds. The molecular formula is C38H54N6O2. The Morgan fingerprint density at radius 1 is 0.935 bits per heavy atom. The first-order valence-electron chi connectivity index (χ1n) is 18.5. The van der Waals surface area contributed by atoms with Gasteiger partial charge in [-0.3, -0.25) is 9.59 Å². The standard InChI is InChI=1S/C38H54N6O2/c1-24-22-28-26-23-29(42-16-5-6-17-42)32-30(36-40-12-9-13-41-36)34(46)33(43-18-7-8-19-43)35(44-20-14-39-15-21-44)38(32,4)27(26)10-11-37(28,3)31(24)25(2)45/h9-10,12-13,24,26,28-32,39H,5-8,11,14-23H2,1-4H3/t24-,26-,28+,29?,30?,31-,32-,37+,38-/m1/s1. The van der Waals surface area contributed by atoms with Gasteiger partial charge in [0.05, 0.1) is 11.6 Å². The Morgan fingerprint density at radius 3 is 2.28 bits per heavy atom. The van der Waals surface area contributed by atoms with E-state index in [4.69, 9.17) is 9.97 Å². The number of nitrogens with zero attached hydrogens (tertiary/aromatic N) is 5. The maximum atomic E-state index is 15.4. The lowest BCUT2D eigenvalue weighted by atomic mass is 9.45. The van der Waals surface area contributed by atoms with Gasteiger partial charge < -0.3 is 20.0 Å². The number of piperazine rings is 1. The molecule has 3 aliphatic heterocycles. The summed E-state index contributed by atoms with van der Waals surface area (Å²) >= 11 is 0. The van der Waals surface area contributed by atoms with Gasteiger partial charge >= 0.3 is 0 Å². The van der Waals surface area contributed by atoms with Gasteiger partial charge in [-0.1, -0.05) is 25.5 Å². The lowest BCUT2D eigenvalue weighted by molar-refractivity contribution is -0.128. The Bertz CT molecular complexity index is 1420. The number of Topliss-reactive ketones (excluding diaryl/α,β-unsaturated/α-hetero) is 2. The second-order valence-electron chi connectivity index (χ2n) is 16.2. The van der Waals surface area contributed by atoms with Crippen molar-refractivity contribution in [1.82, 2.24) is 30.0 Å². The number of carbonyl (C=O) groups is 2. The van der Waals surface area contributed by atoms with Crippen molar-refractivity contribution in [3.8, 4) is 0 Å². The van der Waals surface area contributed by atoms with Crippen LogP contribution in [-0.4, -0.2) is 94.6 Å². The van der Waals surface area contributed by atoms with Crippen molar-refractivity contribution in [2.75, 3.05) is 52.4 Å². The zero-order chi connectivity index (χ0) is 31.8. The van der Waals surface area contributed by atoms with E-state index in [1.165, 1.54) is 18.5 Å². The van der Waals surface area contributed by atoms with Crippen LogP contribution in [0.3, 0.4) is 0 Å². The van der Waals surface area contributed by atoms with Crippen LogP contribution in [0.5, 0.6) is 0 Å². The molecule has 0 bridgehead atoms. The molecule has 46 heavy (non-hydrogen) atoms. The van der Waals surface area contributed by atoms with Gasteiger partial charge in [0, 0.05) is 75.0 Å². The number of aromatic nitrogens is 2. The van der Waals surface area contributed by atoms with Gasteiger partial charge in [-0.2, -0.15) is 0 Å². The summed E-state index contributed by atoms with van der Waals surface area (Å²) in [5.41, 5.74) is 3.48. The highest BCUT2D eigenvalue weighted by molar-refractivity contribution is 6.02. The zero-order valence-corrected chi connectivity index (χ0v) is 28.5. The molecule has 2 saturated carbocycles. The van der Waals surface area contributed by atoms with Crippen LogP contribution >= 0.6 is 0 Å². The van der Waals surface area contributed by atoms with Gasteiger partial charge in [0.15, 0.2) is 5.78 Å². The number of allylic oxidation sites excluding steroid dienone is 3. The van der Waals surface area contributed by atoms with Crippen molar-refractivity contribution in [3.63, 3.8) is 0 Å². The van der Waals surface area contributed by atoms with Crippen molar-refractivity contribution < 1.29 is 9.59 Å². The molecule has 0 radical (unpaired) electrons. The minimum atomic E-state index is -0.373. The van der Waals surface area contributed by atoms with E-state index in [2.05, 4.69) is 46.9 Å². The lowest BCUT2D eigenvalue weighted by Gasteiger charge is -2.63. The summed E-state index contributed by atoms with van der Waals surface area (Å²) in [7, 11) is 0. The average molecular weight is 627 g/mol. The monoisotopic (exact) mass is 626 g/mol. The lowest BCUT2D eigenvalue weighted by Crippen LogP contribution is -2.64. The second kappa shape index (κ2) is 11.5. The van der Waals surface area contributed by atoms with E-state index in [1.807, 2.05) is 25.4 Å². The topological polar surface area (TPSA) is 81.7 Å². The molecule has 1 N–H and O–H groups in total.